The number of aliphatic carboxylic acids is 5. The number of hydrogen-bond donors (Lipinski definition) is 5. The Morgan fingerprint density at radius 3 is 0.829 bits per heavy atom. The minimum atomic E-state index is -1.16. The second-order valence-electron chi connectivity index (χ2n) is 7.72. The van der Waals surface area contributed by atoms with Crippen molar-refractivity contribution in [2.45, 2.75) is 32.1 Å². The number of rotatable bonds is 15. The minimum Gasteiger partial charge on any atom is -0.478 e. The summed E-state index contributed by atoms with van der Waals surface area (Å²) in [6.07, 6.45) is 13.0. The van der Waals surface area contributed by atoms with Crippen molar-refractivity contribution >= 4 is 29.8 Å². The third-order valence-electron chi connectivity index (χ3n) is 4.06. The molecule has 0 bridgehead atoms. The molecule has 0 heterocycles. The molecule has 0 unspecified atom stereocenters. The smallest absolute Gasteiger partial charge is 0.327 e. The van der Waals surface area contributed by atoms with Gasteiger partial charge in [0.05, 0.1) is 0 Å². The average Bonchev–Trinajstić information content (AvgIpc) is 2.66. The molecule has 0 saturated carbocycles. The Balaban J connectivity index is 0. The maximum absolute atomic E-state index is 10.6. The first-order chi connectivity index (χ1) is 16.1. The van der Waals surface area contributed by atoms with Crippen molar-refractivity contribution < 1.29 is 49.5 Å². The molecule has 0 atom stereocenters. The molecule has 0 amide bonds. The summed E-state index contributed by atoms with van der Waals surface area (Å²) in [5, 5.41) is 42.9. The zero-order chi connectivity index (χ0) is 27.5. The van der Waals surface area contributed by atoms with Gasteiger partial charge in [-0.3, -0.25) is 0 Å². The summed E-state index contributed by atoms with van der Waals surface area (Å²) >= 11 is 0. The predicted octanol–water partition coefficient (Wildman–Crippen LogP) is 3.60. The summed E-state index contributed by atoms with van der Waals surface area (Å²) in [7, 11) is 0. The van der Waals surface area contributed by atoms with E-state index in [0.29, 0.717) is 6.42 Å². The first-order valence-electron chi connectivity index (χ1n) is 10.1. The number of carboxylic acid groups (broad SMARTS) is 5. The highest BCUT2D eigenvalue weighted by atomic mass is 16.4. The van der Waals surface area contributed by atoms with Crippen LogP contribution >= 0.6 is 0 Å². The zero-order valence-corrected chi connectivity index (χ0v) is 19.2. The third-order valence-corrected chi connectivity index (χ3v) is 4.06. The molecule has 0 saturated heterocycles. The molecule has 0 aromatic heterocycles. The van der Waals surface area contributed by atoms with E-state index in [1.807, 2.05) is 0 Å². The largest absolute Gasteiger partial charge is 0.478 e. The van der Waals surface area contributed by atoms with Gasteiger partial charge in [-0.25, -0.2) is 24.0 Å². The molecule has 191 valence electrons. The lowest BCUT2D eigenvalue weighted by Gasteiger charge is -2.30. The van der Waals surface area contributed by atoms with Crippen LogP contribution in [0.4, 0.5) is 0 Å². The Labute approximate surface area is 204 Å². The highest BCUT2D eigenvalue weighted by Crippen LogP contribution is 2.37. The molecule has 0 fully saturated rings. The van der Waals surface area contributed by atoms with Crippen LogP contribution < -0.4 is 0 Å². The quantitative estimate of drug-likeness (QED) is 0.212. The maximum Gasteiger partial charge on any atom is 0.327 e. The fourth-order valence-electron chi connectivity index (χ4n) is 2.55. The molecule has 0 aromatic carbocycles. The Morgan fingerprint density at radius 1 is 0.457 bits per heavy atom. The van der Waals surface area contributed by atoms with Gasteiger partial charge < -0.3 is 25.5 Å². The van der Waals surface area contributed by atoms with E-state index >= 15 is 0 Å². The molecule has 0 aliphatic heterocycles. The molecule has 5 N–H and O–H groups in total. The molecular weight excluding hydrogens is 460 g/mol. The van der Waals surface area contributed by atoms with E-state index in [4.69, 9.17) is 25.5 Å². The predicted molar refractivity (Wildman–Crippen MR) is 128 cm³/mol. The van der Waals surface area contributed by atoms with E-state index in [9.17, 15) is 24.0 Å². The van der Waals surface area contributed by atoms with Crippen LogP contribution in [0.1, 0.15) is 32.1 Å². The van der Waals surface area contributed by atoms with Crippen molar-refractivity contribution in [1.82, 2.24) is 0 Å². The van der Waals surface area contributed by atoms with Gasteiger partial charge in [-0.05, 0) is 63.7 Å². The van der Waals surface area contributed by atoms with Gasteiger partial charge in [0.25, 0.3) is 0 Å². The Bertz CT molecular complexity index is 758. The molecule has 0 aliphatic rings. The number of carbonyl (C=O) groups is 5. The van der Waals surface area contributed by atoms with E-state index in [0.717, 1.165) is 30.4 Å². The first kappa shape index (κ1) is 33.2. The van der Waals surface area contributed by atoms with Crippen LogP contribution in [0.5, 0.6) is 0 Å². The molecule has 10 nitrogen and oxygen atoms in total. The van der Waals surface area contributed by atoms with E-state index in [2.05, 4.69) is 20.8 Å². The Hall–Kier alpha value is -3.95. The third kappa shape index (κ3) is 24.5. The van der Waals surface area contributed by atoms with E-state index in [1.54, 1.807) is 0 Å². The molecule has 0 rings (SSSR count). The molecule has 0 aromatic rings. The van der Waals surface area contributed by atoms with E-state index in [-0.39, 0.29) is 25.7 Å². The van der Waals surface area contributed by atoms with Crippen molar-refractivity contribution in [1.29, 1.82) is 0 Å². The Kier molecular flexibility index (Phi) is 16.6. The molecule has 35 heavy (non-hydrogen) atoms. The Morgan fingerprint density at radius 2 is 0.657 bits per heavy atom. The van der Waals surface area contributed by atoms with Crippen LogP contribution in [0, 0.1) is 31.6 Å². The van der Waals surface area contributed by atoms with Crippen molar-refractivity contribution in [2.24, 2.45) is 10.8 Å². The normalized spacial score (nSPS) is 13.8. The average molecular weight is 492 g/mol. The van der Waals surface area contributed by atoms with Crippen LogP contribution in [0.3, 0.4) is 0 Å². The fourth-order valence-corrected chi connectivity index (χ4v) is 2.55. The highest BCUT2D eigenvalue weighted by molar-refractivity contribution is 5.81. The highest BCUT2D eigenvalue weighted by Gasteiger charge is 2.25. The van der Waals surface area contributed by atoms with Gasteiger partial charge in [0.1, 0.15) is 0 Å². The van der Waals surface area contributed by atoms with Gasteiger partial charge in [-0.1, -0.05) is 30.4 Å². The molecular formula is C25H31O10. The second-order valence-corrected chi connectivity index (χ2v) is 7.72. The zero-order valence-electron chi connectivity index (χ0n) is 19.2. The summed E-state index contributed by atoms with van der Waals surface area (Å²) in [6.45, 7) is 10.8. The number of carboxylic acids is 5. The van der Waals surface area contributed by atoms with Crippen LogP contribution in [0.2, 0.25) is 0 Å². The summed E-state index contributed by atoms with van der Waals surface area (Å²) in [6, 6.07) is 0. The van der Waals surface area contributed by atoms with Crippen LogP contribution in [-0.4, -0.2) is 55.4 Å². The fraction of sp³-hybridized carbons (Fsp3) is 0.280. The van der Waals surface area contributed by atoms with Crippen LogP contribution in [-0.2, 0) is 24.0 Å². The lowest BCUT2D eigenvalue weighted by atomic mass is 9.74. The van der Waals surface area contributed by atoms with Gasteiger partial charge in [0.2, 0.25) is 0 Å². The SMILES string of the molecule is O=C(O)C=CCC(CC=CC(=O)O)(CC=CC(=O)O)CC=CC(=O)O.[CH2]C([CH2])([CH2])CC=CC(=O)O. The second kappa shape index (κ2) is 17.5. The summed E-state index contributed by atoms with van der Waals surface area (Å²) in [4.78, 5) is 52.5. The van der Waals surface area contributed by atoms with Crippen molar-refractivity contribution in [2.75, 3.05) is 0 Å². The first-order valence-corrected chi connectivity index (χ1v) is 10.1. The summed E-state index contributed by atoms with van der Waals surface area (Å²) < 4.78 is 0. The van der Waals surface area contributed by atoms with Gasteiger partial charge >= 0.3 is 29.8 Å². The monoisotopic (exact) mass is 491 g/mol. The van der Waals surface area contributed by atoms with E-state index in [1.165, 1.54) is 30.4 Å². The summed E-state index contributed by atoms with van der Waals surface area (Å²) in [5.74, 6) is -5.58. The lowest BCUT2D eigenvalue weighted by Crippen LogP contribution is -2.18. The maximum atomic E-state index is 10.6. The molecule has 0 spiro atoms. The van der Waals surface area contributed by atoms with Crippen LogP contribution in [0.25, 0.3) is 0 Å². The van der Waals surface area contributed by atoms with Crippen molar-refractivity contribution in [3.63, 3.8) is 0 Å². The van der Waals surface area contributed by atoms with Gasteiger partial charge in [-0.15, -0.1) is 0 Å². The van der Waals surface area contributed by atoms with E-state index < -0.39 is 40.7 Å². The van der Waals surface area contributed by atoms with Gasteiger partial charge in [0, 0.05) is 30.4 Å². The number of hydrogen-bond acceptors (Lipinski definition) is 5. The molecule has 3 radical (unpaired) electrons. The summed E-state index contributed by atoms with van der Waals surface area (Å²) in [5.41, 5.74) is -1.32. The van der Waals surface area contributed by atoms with Crippen LogP contribution in [0.15, 0.2) is 60.8 Å². The van der Waals surface area contributed by atoms with Crippen molar-refractivity contribution in [3.05, 3.63) is 81.5 Å². The number of allylic oxidation sites excluding steroid dienone is 5. The lowest BCUT2D eigenvalue weighted by molar-refractivity contribution is -0.132. The molecule has 0 aliphatic carbocycles. The molecule has 10 heteroatoms. The van der Waals surface area contributed by atoms with Gasteiger partial charge in [-0.2, -0.15) is 0 Å². The standard InChI is InChI=1S/C17H20O8.C8H11O2/c18-13(19)5-1-9-17(10-2-6-14(20)21,11-3-7-15(22)23)12-4-8-16(24)25;1-8(2,3)6-4-5-7(9)10/h1-8H,9-12H2,(H,18,19)(H,20,21)(H,22,23)(H,24,25);4-5H,1-3,6H2,(H,9,10). The van der Waals surface area contributed by atoms with Gasteiger partial charge in [0.15, 0.2) is 0 Å². The minimum absolute atomic E-state index is 0.192. The topological polar surface area (TPSA) is 186 Å². The van der Waals surface area contributed by atoms with Crippen molar-refractivity contribution in [3.8, 4) is 0 Å².